The Labute approximate surface area is 156 Å². The maximum atomic E-state index is 12.5. The van der Waals surface area contributed by atoms with E-state index >= 15 is 0 Å². The van der Waals surface area contributed by atoms with Crippen LogP contribution in [0.1, 0.15) is 10.5 Å². The molecular formula is C18H23N3O6. The van der Waals surface area contributed by atoms with E-state index in [1.165, 1.54) is 26.2 Å². The molecule has 0 aliphatic heterocycles. The molecular weight excluding hydrogens is 354 g/mol. The largest absolute Gasteiger partial charge is 0.451 e. The summed E-state index contributed by atoms with van der Waals surface area (Å²) in [5, 5.41) is 4.73. The number of fused-ring (bicyclic) bond motifs is 1. The van der Waals surface area contributed by atoms with Gasteiger partial charge in [-0.3, -0.25) is 9.59 Å². The molecule has 0 aliphatic carbocycles. The van der Waals surface area contributed by atoms with Crippen molar-refractivity contribution in [2.75, 3.05) is 47.1 Å². The average molecular weight is 377 g/mol. The minimum atomic E-state index is -0.770. The van der Waals surface area contributed by atoms with Crippen molar-refractivity contribution in [3.63, 3.8) is 0 Å². The molecule has 0 aliphatic rings. The highest BCUT2D eigenvalue weighted by atomic mass is 16.5. The van der Waals surface area contributed by atoms with Gasteiger partial charge in [0.1, 0.15) is 0 Å². The van der Waals surface area contributed by atoms with Crippen molar-refractivity contribution in [3.8, 4) is 0 Å². The summed E-state index contributed by atoms with van der Waals surface area (Å²) in [6.07, 6.45) is 0. The summed E-state index contributed by atoms with van der Waals surface area (Å²) in [7, 11) is 4.53. The molecule has 0 fully saturated rings. The van der Waals surface area contributed by atoms with Crippen LogP contribution in [-0.2, 0) is 26.1 Å². The van der Waals surface area contributed by atoms with Crippen LogP contribution < -0.4 is 5.56 Å². The van der Waals surface area contributed by atoms with Gasteiger partial charge in [-0.05, 0) is 6.07 Å². The zero-order valence-corrected chi connectivity index (χ0v) is 15.6. The fraction of sp³-hybridized carbons (Fsp3) is 0.444. The Morgan fingerprint density at radius 1 is 1.07 bits per heavy atom. The molecule has 2 aromatic rings. The van der Waals surface area contributed by atoms with E-state index in [9.17, 15) is 14.4 Å². The van der Waals surface area contributed by atoms with Gasteiger partial charge >= 0.3 is 5.97 Å². The van der Waals surface area contributed by atoms with Crippen LogP contribution in [0.15, 0.2) is 29.1 Å². The smallest absolute Gasteiger partial charge is 0.359 e. The number of nitrogens with zero attached hydrogens (tertiary/aromatic N) is 3. The lowest BCUT2D eigenvalue weighted by Crippen LogP contribution is -2.39. The summed E-state index contributed by atoms with van der Waals surface area (Å²) in [5.74, 6) is -1.14. The normalized spacial score (nSPS) is 10.8. The second-order valence-electron chi connectivity index (χ2n) is 5.77. The molecule has 2 rings (SSSR count). The molecule has 27 heavy (non-hydrogen) atoms. The van der Waals surface area contributed by atoms with Crippen LogP contribution in [-0.4, -0.2) is 73.7 Å². The maximum Gasteiger partial charge on any atom is 0.359 e. The molecule has 0 spiro atoms. The second-order valence-corrected chi connectivity index (χ2v) is 5.77. The molecule has 0 unspecified atom stereocenters. The number of methoxy groups -OCH3 is 2. The summed E-state index contributed by atoms with van der Waals surface area (Å²) in [5.41, 5.74) is -0.329. The number of aryl methyl sites for hydroxylation is 1. The van der Waals surface area contributed by atoms with Gasteiger partial charge < -0.3 is 19.1 Å². The number of aromatic nitrogens is 2. The van der Waals surface area contributed by atoms with E-state index < -0.39 is 12.6 Å². The predicted octanol–water partition coefficient (Wildman–Crippen LogP) is 0.212. The number of carbonyl (C=O) groups is 2. The van der Waals surface area contributed by atoms with Crippen LogP contribution in [0.3, 0.4) is 0 Å². The number of carbonyl (C=O) groups excluding carboxylic acids is 2. The van der Waals surface area contributed by atoms with Gasteiger partial charge in [0, 0.05) is 39.7 Å². The van der Waals surface area contributed by atoms with Crippen LogP contribution in [0.2, 0.25) is 0 Å². The predicted molar refractivity (Wildman–Crippen MR) is 97.6 cm³/mol. The molecule has 0 N–H and O–H groups in total. The molecule has 1 aromatic carbocycles. The highest BCUT2D eigenvalue weighted by molar-refractivity contribution is 6.02. The van der Waals surface area contributed by atoms with Gasteiger partial charge in [-0.1, -0.05) is 18.2 Å². The summed E-state index contributed by atoms with van der Waals surface area (Å²) in [6, 6.07) is 6.62. The van der Waals surface area contributed by atoms with Crippen LogP contribution in [0.25, 0.3) is 10.8 Å². The molecule has 0 radical (unpaired) electrons. The summed E-state index contributed by atoms with van der Waals surface area (Å²) < 4.78 is 16.2. The second kappa shape index (κ2) is 9.79. The van der Waals surface area contributed by atoms with E-state index in [1.807, 2.05) is 0 Å². The Kier molecular flexibility index (Phi) is 7.44. The average Bonchev–Trinajstić information content (AvgIpc) is 2.68. The van der Waals surface area contributed by atoms with Crippen molar-refractivity contribution in [1.29, 1.82) is 0 Å². The zero-order valence-electron chi connectivity index (χ0n) is 15.6. The number of amides is 1. The lowest BCUT2D eigenvalue weighted by molar-refractivity contribution is -0.135. The van der Waals surface area contributed by atoms with Crippen LogP contribution in [0, 0.1) is 0 Å². The fourth-order valence-corrected chi connectivity index (χ4v) is 2.50. The first-order valence-corrected chi connectivity index (χ1v) is 8.38. The van der Waals surface area contributed by atoms with Gasteiger partial charge in [-0.2, -0.15) is 5.10 Å². The molecule has 1 aromatic heterocycles. The van der Waals surface area contributed by atoms with E-state index in [2.05, 4.69) is 5.10 Å². The van der Waals surface area contributed by atoms with Gasteiger partial charge in [-0.25, -0.2) is 9.48 Å². The lowest BCUT2D eigenvalue weighted by atomic mass is 10.1. The Morgan fingerprint density at radius 2 is 1.67 bits per heavy atom. The SMILES string of the molecule is COCCN(CCOC)C(=O)COC(=O)c1nn(C)c(=O)c2ccccc12. The maximum absolute atomic E-state index is 12.5. The summed E-state index contributed by atoms with van der Waals surface area (Å²) in [4.78, 5) is 38.4. The van der Waals surface area contributed by atoms with Crippen LogP contribution in [0.4, 0.5) is 0 Å². The van der Waals surface area contributed by atoms with Gasteiger partial charge in [0.25, 0.3) is 11.5 Å². The van der Waals surface area contributed by atoms with E-state index in [-0.39, 0.29) is 17.2 Å². The molecule has 1 heterocycles. The van der Waals surface area contributed by atoms with Crippen molar-refractivity contribution in [1.82, 2.24) is 14.7 Å². The third-order valence-electron chi connectivity index (χ3n) is 3.96. The summed E-state index contributed by atoms with van der Waals surface area (Å²) in [6.45, 7) is 0.992. The van der Waals surface area contributed by atoms with Gasteiger partial charge in [0.15, 0.2) is 12.3 Å². The zero-order chi connectivity index (χ0) is 19.8. The highest BCUT2D eigenvalue weighted by Gasteiger charge is 2.20. The number of ether oxygens (including phenoxy) is 3. The van der Waals surface area contributed by atoms with E-state index in [0.29, 0.717) is 37.1 Å². The Hall–Kier alpha value is -2.78. The molecule has 146 valence electrons. The van der Waals surface area contributed by atoms with Crippen molar-refractivity contribution in [3.05, 3.63) is 40.3 Å². The Bertz CT molecular complexity index is 856. The van der Waals surface area contributed by atoms with E-state index in [4.69, 9.17) is 14.2 Å². The number of esters is 1. The molecule has 0 atom stereocenters. The topological polar surface area (TPSA) is 100.0 Å². The molecule has 0 bridgehead atoms. The third kappa shape index (κ3) is 5.11. The first-order chi connectivity index (χ1) is 13.0. The molecule has 0 saturated heterocycles. The Balaban J connectivity index is 2.13. The van der Waals surface area contributed by atoms with Gasteiger partial charge in [0.2, 0.25) is 0 Å². The Morgan fingerprint density at radius 3 is 2.26 bits per heavy atom. The first-order valence-electron chi connectivity index (χ1n) is 8.38. The number of hydrogen-bond acceptors (Lipinski definition) is 7. The van der Waals surface area contributed by atoms with Crippen molar-refractivity contribution < 1.29 is 23.8 Å². The number of hydrogen-bond donors (Lipinski definition) is 0. The van der Waals surface area contributed by atoms with Crippen LogP contribution >= 0.6 is 0 Å². The van der Waals surface area contributed by atoms with Crippen molar-refractivity contribution >= 4 is 22.6 Å². The highest BCUT2D eigenvalue weighted by Crippen LogP contribution is 2.14. The lowest BCUT2D eigenvalue weighted by Gasteiger charge is -2.21. The van der Waals surface area contributed by atoms with E-state index in [0.717, 1.165) is 4.68 Å². The van der Waals surface area contributed by atoms with Gasteiger partial charge in [0.05, 0.1) is 18.6 Å². The van der Waals surface area contributed by atoms with E-state index in [1.54, 1.807) is 24.3 Å². The van der Waals surface area contributed by atoms with Crippen molar-refractivity contribution in [2.24, 2.45) is 7.05 Å². The summed E-state index contributed by atoms with van der Waals surface area (Å²) >= 11 is 0. The first kappa shape index (κ1) is 20.5. The van der Waals surface area contributed by atoms with Crippen molar-refractivity contribution in [2.45, 2.75) is 0 Å². The van der Waals surface area contributed by atoms with Gasteiger partial charge in [-0.15, -0.1) is 0 Å². The molecule has 1 amide bonds. The number of rotatable bonds is 9. The quantitative estimate of drug-likeness (QED) is 0.576. The number of benzene rings is 1. The standard InChI is InChI=1S/C18H23N3O6/c1-20-17(23)14-7-5-4-6-13(14)16(19-20)18(24)27-12-15(22)21(8-10-25-2)9-11-26-3/h4-7H,8-12H2,1-3H3. The fourth-order valence-electron chi connectivity index (χ4n) is 2.50. The molecule has 9 nitrogen and oxygen atoms in total. The molecule has 0 saturated carbocycles. The third-order valence-corrected chi connectivity index (χ3v) is 3.96. The van der Waals surface area contributed by atoms with Crippen LogP contribution in [0.5, 0.6) is 0 Å². The molecule has 9 heteroatoms. The minimum absolute atomic E-state index is 0.0131. The monoisotopic (exact) mass is 377 g/mol. The minimum Gasteiger partial charge on any atom is -0.451 e.